The van der Waals surface area contributed by atoms with Crippen LogP contribution in [0.5, 0.6) is 17.2 Å². The molecule has 58 heavy (non-hydrogen) atoms. The van der Waals surface area contributed by atoms with Crippen molar-refractivity contribution < 1.29 is 42.9 Å². The van der Waals surface area contributed by atoms with Crippen molar-refractivity contribution in [2.24, 2.45) is 0 Å². The molecule has 0 fully saturated rings. The van der Waals surface area contributed by atoms with Crippen molar-refractivity contribution in [3.05, 3.63) is 109 Å². The first-order chi connectivity index (χ1) is 28.2. The molecule has 0 heterocycles. The molecule has 0 aliphatic rings. The fourth-order valence-electron chi connectivity index (χ4n) is 6.16. The summed E-state index contributed by atoms with van der Waals surface area (Å²) in [4.78, 5) is 49.8. The van der Waals surface area contributed by atoms with Gasteiger partial charge in [0.2, 0.25) is 5.12 Å². The first kappa shape index (κ1) is 47.5. The van der Waals surface area contributed by atoms with Gasteiger partial charge in [-0.05, 0) is 162 Å². The molecule has 10 heteroatoms. The van der Waals surface area contributed by atoms with Crippen LogP contribution in [0.15, 0.2) is 103 Å². The lowest BCUT2D eigenvalue weighted by Crippen LogP contribution is -2.17. The van der Waals surface area contributed by atoms with Gasteiger partial charge < -0.3 is 23.7 Å². The molecule has 3 aromatic carbocycles. The lowest BCUT2D eigenvalue weighted by Gasteiger charge is -2.17. The number of unbranched alkanes of at least 4 members (excludes halogenated alkanes) is 8. The second kappa shape index (κ2) is 28.6. The van der Waals surface area contributed by atoms with Crippen LogP contribution in [0.25, 0.3) is 0 Å². The van der Waals surface area contributed by atoms with E-state index >= 15 is 0 Å². The minimum Gasteiger partial charge on any atom is -0.494 e. The summed E-state index contributed by atoms with van der Waals surface area (Å²) in [5.74, 6) is 0.529. The van der Waals surface area contributed by atoms with Crippen LogP contribution < -0.4 is 14.2 Å². The van der Waals surface area contributed by atoms with Gasteiger partial charge in [-0.1, -0.05) is 52.7 Å². The number of hydrogen-bond donors (Lipinski definition) is 0. The van der Waals surface area contributed by atoms with Gasteiger partial charge in [0.25, 0.3) is 0 Å². The highest BCUT2D eigenvalue weighted by Gasteiger charge is 2.15. The van der Waals surface area contributed by atoms with Crippen LogP contribution in [0.4, 0.5) is 0 Å². The topological polar surface area (TPSA) is 114 Å². The van der Waals surface area contributed by atoms with Crippen molar-refractivity contribution in [1.82, 2.24) is 0 Å². The Morgan fingerprint density at radius 3 is 1.38 bits per heavy atom. The van der Waals surface area contributed by atoms with Crippen molar-refractivity contribution in [3.63, 3.8) is 0 Å². The van der Waals surface area contributed by atoms with Crippen LogP contribution in [0.1, 0.15) is 137 Å². The van der Waals surface area contributed by atoms with Gasteiger partial charge in [0.05, 0.1) is 18.8 Å². The Balaban J connectivity index is 1.33. The first-order valence-corrected chi connectivity index (χ1v) is 21.7. The largest absolute Gasteiger partial charge is 0.494 e. The van der Waals surface area contributed by atoms with Crippen LogP contribution in [0.2, 0.25) is 0 Å². The van der Waals surface area contributed by atoms with Gasteiger partial charge in [0.1, 0.15) is 29.5 Å². The summed E-state index contributed by atoms with van der Waals surface area (Å²) in [5, 5.41) is -0.109. The van der Waals surface area contributed by atoms with Crippen LogP contribution in [0.3, 0.4) is 0 Å². The predicted molar refractivity (Wildman–Crippen MR) is 231 cm³/mol. The maximum Gasteiger partial charge on any atom is 0.343 e. The fraction of sp³-hybridized carbons (Fsp3) is 0.458. The molecular formula is C48H62O9S. The number of carbonyl (C=O) groups is 4. The van der Waals surface area contributed by atoms with Crippen molar-refractivity contribution in [3.8, 4) is 17.2 Å². The molecule has 0 radical (unpaired) electrons. The minimum atomic E-state index is -0.492. The molecule has 0 bridgehead atoms. The molecule has 0 aliphatic heterocycles. The summed E-state index contributed by atoms with van der Waals surface area (Å²) >= 11 is 1.09. The molecule has 2 unspecified atom stereocenters. The van der Waals surface area contributed by atoms with Crippen molar-refractivity contribution in [2.45, 2.75) is 134 Å². The van der Waals surface area contributed by atoms with Gasteiger partial charge in [0.15, 0.2) is 0 Å². The van der Waals surface area contributed by atoms with E-state index in [2.05, 4.69) is 27.0 Å². The Morgan fingerprint density at radius 1 is 0.534 bits per heavy atom. The van der Waals surface area contributed by atoms with Gasteiger partial charge in [0, 0.05) is 22.6 Å². The molecular weight excluding hydrogens is 753 g/mol. The number of carbonyl (C=O) groups excluding carboxylic acids is 4. The molecule has 0 amide bonds. The van der Waals surface area contributed by atoms with E-state index in [0.29, 0.717) is 41.6 Å². The molecule has 0 aromatic heterocycles. The predicted octanol–water partition coefficient (Wildman–Crippen LogP) is 12.1. The molecule has 3 aromatic rings. The van der Waals surface area contributed by atoms with Crippen molar-refractivity contribution >= 4 is 34.8 Å². The van der Waals surface area contributed by atoms with Crippen LogP contribution >= 0.6 is 11.8 Å². The number of hydrogen-bond acceptors (Lipinski definition) is 10. The quantitative estimate of drug-likeness (QED) is 0.0212. The Morgan fingerprint density at radius 2 is 0.948 bits per heavy atom. The first-order valence-electron chi connectivity index (χ1n) is 20.9. The summed E-state index contributed by atoms with van der Waals surface area (Å²) < 4.78 is 28.3. The van der Waals surface area contributed by atoms with Crippen LogP contribution in [0, 0.1) is 0 Å². The molecule has 0 N–H and O–H groups in total. The lowest BCUT2D eigenvalue weighted by atomic mass is 10.0. The maximum absolute atomic E-state index is 12.9. The van der Waals surface area contributed by atoms with E-state index in [9.17, 15) is 19.2 Å². The van der Waals surface area contributed by atoms with E-state index in [1.165, 1.54) is 12.2 Å². The average Bonchev–Trinajstić information content (AvgIpc) is 3.24. The highest BCUT2D eigenvalue weighted by Crippen LogP contribution is 2.27. The SMILES string of the molecule is C=CC(=O)OC(CCCCC)CCCCCOc1ccc(C(=O)Oc2ccc(SC(=O)c3ccc(OCCCCCC(CCCCC)OC(=O)C=C)cc3)cc2)cc1. The van der Waals surface area contributed by atoms with E-state index in [1.807, 2.05) is 0 Å². The molecule has 0 saturated heterocycles. The Hall–Kier alpha value is -4.83. The van der Waals surface area contributed by atoms with Crippen molar-refractivity contribution in [2.75, 3.05) is 13.2 Å². The third kappa shape index (κ3) is 19.5. The number of ether oxygens (including phenoxy) is 5. The van der Waals surface area contributed by atoms with Gasteiger partial charge in [-0.2, -0.15) is 0 Å². The third-order valence-electron chi connectivity index (χ3n) is 9.46. The molecule has 0 aliphatic carbocycles. The number of esters is 3. The average molecular weight is 815 g/mol. The molecule has 0 spiro atoms. The Labute approximate surface area is 349 Å². The zero-order valence-corrected chi connectivity index (χ0v) is 35.3. The minimum absolute atomic E-state index is 0.0653. The number of rotatable bonds is 30. The summed E-state index contributed by atoms with van der Waals surface area (Å²) in [6.45, 7) is 12.4. The van der Waals surface area contributed by atoms with E-state index < -0.39 is 5.97 Å². The van der Waals surface area contributed by atoms with Crippen LogP contribution in [-0.4, -0.2) is 48.4 Å². The zero-order chi connectivity index (χ0) is 41.8. The standard InChI is InChI=1S/C48H62O9S/c1-5-9-13-19-41(55-45(49)7-3)21-15-11-17-35-53-39-27-23-37(24-28-39)47(51)57-43-31-33-44(34-32-43)58-48(52)38-25-29-40(30-26-38)54-36-18-12-16-22-42(20-14-10-6-2)56-46(50)8-4/h7-8,23-34,41-42H,3-6,9-22,35-36H2,1-2H3. The lowest BCUT2D eigenvalue weighted by molar-refractivity contribution is -0.144. The second-order valence-corrected chi connectivity index (χ2v) is 15.3. The molecule has 0 saturated carbocycles. The molecule has 2 atom stereocenters. The smallest absolute Gasteiger partial charge is 0.343 e. The second-order valence-electron chi connectivity index (χ2n) is 14.2. The van der Waals surface area contributed by atoms with Gasteiger partial charge in [-0.25, -0.2) is 14.4 Å². The van der Waals surface area contributed by atoms with Gasteiger partial charge >= 0.3 is 17.9 Å². The fourth-order valence-corrected chi connectivity index (χ4v) is 6.90. The summed E-state index contributed by atoms with van der Waals surface area (Å²) in [7, 11) is 0. The summed E-state index contributed by atoms with van der Waals surface area (Å²) in [5.41, 5.74) is 0.949. The summed E-state index contributed by atoms with van der Waals surface area (Å²) in [6.07, 6.45) is 17.9. The van der Waals surface area contributed by atoms with Gasteiger partial charge in [-0.15, -0.1) is 0 Å². The maximum atomic E-state index is 12.9. The van der Waals surface area contributed by atoms with Gasteiger partial charge in [-0.3, -0.25) is 4.79 Å². The van der Waals surface area contributed by atoms with E-state index in [-0.39, 0.29) is 29.3 Å². The monoisotopic (exact) mass is 814 g/mol. The Bertz CT molecular complexity index is 1540. The number of thioether (sulfide) groups is 1. The molecule has 9 nitrogen and oxygen atoms in total. The van der Waals surface area contributed by atoms with Crippen LogP contribution in [-0.2, 0) is 19.1 Å². The number of benzene rings is 3. The van der Waals surface area contributed by atoms with Crippen molar-refractivity contribution in [1.29, 1.82) is 0 Å². The van der Waals surface area contributed by atoms with E-state index in [0.717, 1.165) is 119 Å². The zero-order valence-electron chi connectivity index (χ0n) is 34.5. The highest BCUT2D eigenvalue weighted by molar-refractivity contribution is 8.14. The normalized spacial score (nSPS) is 11.8. The van der Waals surface area contributed by atoms with E-state index in [1.54, 1.807) is 72.8 Å². The third-order valence-corrected chi connectivity index (χ3v) is 10.4. The van der Waals surface area contributed by atoms with E-state index in [4.69, 9.17) is 23.7 Å². The molecule has 314 valence electrons. The highest BCUT2D eigenvalue weighted by atomic mass is 32.2. The molecule has 3 rings (SSSR count). The Kier molecular flexibility index (Phi) is 23.4. The summed E-state index contributed by atoms with van der Waals surface area (Å²) in [6, 6.07) is 20.8.